The molecule has 0 aliphatic carbocycles. The molecular weight excluding hydrogens is 364 g/mol. The number of hydrogen-bond acceptors (Lipinski definition) is 6. The van der Waals surface area contributed by atoms with Crippen molar-refractivity contribution in [3.63, 3.8) is 0 Å². The number of nitrogens with zero attached hydrogens (tertiary/aromatic N) is 4. The van der Waals surface area contributed by atoms with E-state index in [-0.39, 0.29) is 17.5 Å². The average Bonchev–Trinajstić information content (AvgIpc) is 3.08. The molecule has 2 aromatic heterocycles. The number of para-hydroxylation sites is 1. The Hall–Kier alpha value is -3.00. The minimum Gasteiger partial charge on any atom is -0.496 e. The number of amides is 1. The molecule has 3 aromatic rings. The highest BCUT2D eigenvalue weighted by atomic mass is 32.1. The molecule has 0 saturated carbocycles. The normalized spacial score (nSPS) is 14.1. The number of aromatic nitrogens is 3. The largest absolute Gasteiger partial charge is 0.496 e. The summed E-state index contributed by atoms with van der Waals surface area (Å²) < 4.78 is 6.85. The second-order valence-electron chi connectivity index (χ2n) is 6.33. The van der Waals surface area contributed by atoms with Gasteiger partial charge in [0.1, 0.15) is 10.6 Å². The number of hydrogen-bond donors (Lipinski definition) is 0. The van der Waals surface area contributed by atoms with Crippen LogP contribution < -0.4 is 10.3 Å². The number of aryl methyl sites for hydroxylation is 1. The van der Waals surface area contributed by atoms with Crippen molar-refractivity contribution in [2.24, 2.45) is 0 Å². The number of rotatable bonds is 4. The molecule has 138 valence electrons. The van der Waals surface area contributed by atoms with Gasteiger partial charge in [-0.05, 0) is 25.1 Å². The smallest absolute Gasteiger partial charge is 0.267 e. The van der Waals surface area contributed by atoms with Gasteiger partial charge >= 0.3 is 0 Å². The van der Waals surface area contributed by atoms with Gasteiger partial charge in [0.25, 0.3) is 11.5 Å². The molecule has 0 unspecified atom stereocenters. The lowest BCUT2D eigenvalue weighted by Gasteiger charge is -2.39. The molecule has 0 spiro atoms. The molecule has 1 amide bonds. The number of carbonyl (C=O) groups is 1. The van der Waals surface area contributed by atoms with Crippen molar-refractivity contribution in [2.75, 3.05) is 20.2 Å². The van der Waals surface area contributed by atoms with Crippen LogP contribution in [0.25, 0.3) is 11.3 Å². The number of benzene rings is 1. The maximum Gasteiger partial charge on any atom is 0.267 e. The SMILES string of the molecule is COc1ccccc1-c1ccc(=O)n(C2CN(C(=O)c3scnc3C)C2)n1. The van der Waals surface area contributed by atoms with Crippen LogP contribution in [0.15, 0.2) is 46.7 Å². The molecule has 4 rings (SSSR count). The summed E-state index contributed by atoms with van der Waals surface area (Å²) in [6, 6.07) is 10.6. The predicted octanol–water partition coefficient (Wildman–Crippen LogP) is 2.38. The third-order valence-corrected chi connectivity index (χ3v) is 5.56. The first-order valence-corrected chi connectivity index (χ1v) is 9.39. The van der Waals surface area contributed by atoms with Crippen molar-refractivity contribution in [2.45, 2.75) is 13.0 Å². The Bertz CT molecular complexity index is 1050. The summed E-state index contributed by atoms with van der Waals surface area (Å²) in [7, 11) is 1.60. The van der Waals surface area contributed by atoms with E-state index in [1.807, 2.05) is 31.2 Å². The molecule has 0 radical (unpaired) electrons. The van der Waals surface area contributed by atoms with Gasteiger partial charge < -0.3 is 9.64 Å². The van der Waals surface area contributed by atoms with Crippen LogP contribution in [0.4, 0.5) is 0 Å². The zero-order chi connectivity index (χ0) is 19.0. The average molecular weight is 382 g/mol. The topological polar surface area (TPSA) is 77.3 Å². The molecule has 1 aliphatic heterocycles. The van der Waals surface area contributed by atoms with E-state index in [2.05, 4.69) is 10.1 Å². The number of ether oxygens (including phenoxy) is 1. The summed E-state index contributed by atoms with van der Waals surface area (Å²) >= 11 is 1.34. The van der Waals surface area contributed by atoms with Gasteiger partial charge in [-0.1, -0.05) is 12.1 Å². The zero-order valence-electron chi connectivity index (χ0n) is 15.0. The number of carbonyl (C=O) groups excluding carboxylic acids is 1. The van der Waals surface area contributed by atoms with E-state index in [4.69, 9.17) is 4.74 Å². The Kier molecular flexibility index (Phi) is 4.49. The molecule has 0 bridgehead atoms. The van der Waals surface area contributed by atoms with Crippen LogP contribution in [-0.4, -0.2) is 45.8 Å². The fourth-order valence-corrected chi connectivity index (χ4v) is 3.88. The highest BCUT2D eigenvalue weighted by Crippen LogP contribution is 2.29. The third-order valence-electron chi connectivity index (χ3n) is 4.64. The number of methoxy groups -OCH3 is 1. The van der Waals surface area contributed by atoms with Crippen molar-refractivity contribution in [1.29, 1.82) is 0 Å². The van der Waals surface area contributed by atoms with Crippen LogP contribution in [0.3, 0.4) is 0 Å². The number of likely N-dealkylation sites (tertiary alicyclic amines) is 1. The first-order valence-electron chi connectivity index (χ1n) is 8.51. The molecule has 1 fully saturated rings. The van der Waals surface area contributed by atoms with E-state index in [1.54, 1.807) is 23.6 Å². The van der Waals surface area contributed by atoms with Gasteiger partial charge in [0.05, 0.1) is 30.1 Å². The van der Waals surface area contributed by atoms with Gasteiger partial charge in [0.2, 0.25) is 0 Å². The Morgan fingerprint density at radius 1 is 1.22 bits per heavy atom. The highest BCUT2D eigenvalue weighted by molar-refractivity contribution is 7.11. The minimum atomic E-state index is -0.181. The van der Waals surface area contributed by atoms with Crippen molar-refractivity contribution >= 4 is 17.2 Å². The quantitative estimate of drug-likeness (QED) is 0.692. The van der Waals surface area contributed by atoms with Gasteiger partial charge in [-0.2, -0.15) is 5.10 Å². The lowest BCUT2D eigenvalue weighted by atomic mass is 10.1. The van der Waals surface area contributed by atoms with Gasteiger partial charge in [-0.3, -0.25) is 9.59 Å². The minimum absolute atomic E-state index is 0.0415. The van der Waals surface area contributed by atoms with E-state index >= 15 is 0 Å². The molecule has 8 heteroatoms. The monoisotopic (exact) mass is 382 g/mol. The van der Waals surface area contributed by atoms with E-state index in [1.165, 1.54) is 22.1 Å². The summed E-state index contributed by atoms with van der Waals surface area (Å²) in [5, 5.41) is 4.52. The van der Waals surface area contributed by atoms with E-state index < -0.39 is 0 Å². The van der Waals surface area contributed by atoms with E-state index in [0.717, 1.165) is 11.3 Å². The molecule has 7 nitrogen and oxygen atoms in total. The van der Waals surface area contributed by atoms with Gasteiger partial charge in [-0.15, -0.1) is 11.3 Å². The summed E-state index contributed by atoms with van der Waals surface area (Å²) in [6.45, 7) is 2.74. The molecular formula is C19H18N4O3S. The molecule has 1 saturated heterocycles. The van der Waals surface area contributed by atoms with Crippen LogP contribution >= 0.6 is 11.3 Å². The summed E-state index contributed by atoms with van der Waals surface area (Å²) in [6.07, 6.45) is 0. The van der Waals surface area contributed by atoms with Crippen LogP contribution in [0.2, 0.25) is 0 Å². The fraction of sp³-hybridized carbons (Fsp3) is 0.263. The Labute approximate surface area is 159 Å². The van der Waals surface area contributed by atoms with Gasteiger partial charge in [0, 0.05) is 24.7 Å². The molecule has 27 heavy (non-hydrogen) atoms. The molecule has 3 heterocycles. The maximum atomic E-state index is 12.5. The van der Waals surface area contributed by atoms with Crippen molar-refractivity contribution in [1.82, 2.24) is 19.7 Å². The summed E-state index contributed by atoms with van der Waals surface area (Å²) in [4.78, 5) is 31.3. The van der Waals surface area contributed by atoms with Crippen LogP contribution in [-0.2, 0) is 0 Å². The highest BCUT2D eigenvalue weighted by Gasteiger charge is 2.35. The second-order valence-corrected chi connectivity index (χ2v) is 7.19. The van der Waals surface area contributed by atoms with E-state index in [9.17, 15) is 9.59 Å². The predicted molar refractivity (Wildman–Crippen MR) is 102 cm³/mol. The number of thiazole rings is 1. The lowest BCUT2D eigenvalue weighted by Crippen LogP contribution is -2.53. The van der Waals surface area contributed by atoms with Crippen LogP contribution in [0, 0.1) is 6.92 Å². The molecule has 0 atom stereocenters. The molecule has 0 N–H and O–H groups in total. The Morgan fingerprint density at radius 2 is 2.00 bits per heavy atom. The third kappa shape index (κ3) is 3.12. The van der Waals surface area contributed by atoms with Gasteiger partial charge in [0.15, 0.2) is 0 Å². The standard InChI is InChI=1S/C19H18N4O3S/c1-12-18(27-11-20-12)19(25)22-9-13(10-22)23-17(24)8-7-15(21-23)14-5-3-4-6-16(14)26-2/h3-8,11,13H,9-10H2,1-2H3. The van der Waals surface area contributed by atoms with Crippen molar-refractivity contribution < 1.29 is 9.53 Å². The molecule has 1 aliphatic rings. The Morgan fingerprint density at radius 3 is 2.70 bits per heavy atom. The van der Waals surface area contributed by atoms with E-state index in [0.29, 0.717) is 29.4 Å². The lowest BCUT2D eigenvalue weighted by molar-refractivity contribution is 0.0497. The fourth-order valence-electron chi connectivity index (χ4n) is 3.11. The Balaban J connectivity index is 1.56. The maximum absolute atomic E-state index is 12.5. The first-order chi connectivity index (χ1) is 13.1. The summed E-state index contributed by atoms with van der Waals surface area (Å²) in [5.41, 5.74) is 3.71. The van der Waals surface area contributed by atoms with Crippen molar-refractivity contribution in [3.05, 3.63) is 62.8 Å². The summed E-state index contributed by atoms with van der Waals surface area (Å²) in [5.74, 6) is 0.654. The molecule has 1 aromatic carbocycles. The second kappa shape index (κ2) is 6.96. The van der Waals surface area contributed by atoms with Gasteiger partial charge in [-0.25, -0.2) is 9.67 Å². The zero-order valence-corrected chi connectivity index (χ0v) is 15.8. The van der Waals surface area contributed by atoms with Crippen molar-refractivity contribution in [3.8, 4) is 17.0 Å². The first kappa shape index (κ1) is 17.4. The van der Waals surface area contributed by atoms with Crippen LogP contribution in [0.5, 0.6) is 5.75 Å². The van der Waals surface area contributed by atoms with Crippen LogP contribution in [0.1, 0.15) is 21.4 Å².